The van der Waals surface area contributed by atoms with Gasteiger partial charge in [0.2, 0.25) is 0 Å². The van der Waals surface area contributed by atoms with Crippen LogP contribution in [-0.2, 0) is 6.42 Å². The van der Waals surface area contributed by atoms with Gasteiger partial charge in [-0.15, -0.1) is 0 Å². The van der Waals surface area contributed by atoms with Gasteiger partial charge in [0.1, 0.15) is 0 Å². The minimum atomic E-state index is 0.00747. The van der Waals surface area contributed by atoms with E-state index in [0.29, 0.717) is 29.5 Å². The van der Waals surface area contributed by atoms with Crippen molar-refractivity contribution in [2.24, 2.45) is 11.1 Å². The van der Waals surface area contributed by atoms with Gasteiger partial charge < -0.3 is 15.2 Å². The molecule has 1 aromatic carbocycles. The molecule has 0 radical (unpaired) electrons. The van der Waals surface area contributed by atoms with E-state index in [1.807, 2.05) is 19.1 Å². The summed E-state index contributed by atoms with van der Waals surface area (Å²) in [5.41, 5.74) is 6.85. The second kappa shape index (κ2) is 6.55. The highest BCUT2D eigenvalue weighted by atomic mass is 35.5. The number of nitriles is 1. The summed E-state index contributed by atoms with van der Waals surface area (Å²) < 4.78 is 11.2. The lowest BCUT2D eigenvalue weighted by Crippen LogP contribution is -2.18. The zero-order chi connectivity index (χ0) is 15.5. The second-order valence-corrected chi connectivity index (χ2v) is 6.32. The summed E-state index contributed by atoms with van der Waals surface area (Å²) in [5.74, 6) is 1.17. The van der Waals surface area contributed by atoms with Crippen LogP contribution in [-0.4, -0.2) is 19.8 Å². The minimum Gasteiger partial charge on any atom is -0.493 e. The molecular weight excluding hydrogens is 288 g/mol. The Morgan fingerprint density at radius 3 is 2.71 bits per heavy atom. The Labute approximate surface area is 130 Å². The molecular formula is C16H21ClN2O2. The first-order chi connectivity index (χ1) is 9.99. The van der Waals surface area contributed by atoms with Crippen LogP contribution in [0.3, 0.4) is 0 Å². The second-order valence-electron chi connectivity index (χ2n) is 5.91. The van der Waals surface area contributed by atoms with Gasteiger partial charge in [0.15, 0.2) is 11.5 Å². The van der Waals surface area contributed by atoms with Crippen molar-refractivity contribution < 1.29 is 9.47 Å². The topological polar surface area (TPSA) is 68.3 Å². The average molecular weight is 309 g/mol. The number of methoxy groups -OCH3 is 1. The lowest BCUT2D eigenvalue weighted by Gasteiger charge is -2.18. The SMILES string of the molecule is COc1cc(CC(C)N)cc(Cl)c1OCC1(CC#N)CC1. The van der Waals surface area contributed by atoms with Crippen LogP contribution in [0.1, 0.15) is 31.7 Å². The van der Waals surface area contributed by atoms with E-state index in [1.54, 1.807) is 7.11 Å². The van der Waals surface area contributed by atoms with Crippen LogP contribution in [0.2, 0.25) is 5.02 Å². The zero-order valence-electron chi connectivity index (χ0n) is 12.5. The van der Waals surface area contributed by atoms with Gasteiger partial charge >= 0.3 is 0 Å². The maximum Gasteiger partial charge on any atom is 0.179 e. The molecule has 0 saturated heterocycles. The Balaban J connectivity index is 2.13. The number of halogens is 1. The molecule has 0 aromatic heterocycles. The molecule has 1 fully saturated rings. The fourth-order valence-corrected chi connectivity index (χ4v) is 2.63. The molecule has 2 rings (SSSR count). The van der Waals surface area contributed by atoms with Crippen molar-refractivity contribution in [2.75, 3.05) is 13.7 Å². The maximum absolute atomic E-state index is 8.85. The molecule has 1 unspecified atom stereocenters. The predicted octanol–water partition coefficient (Wildman–Crippen LogP) is 3.31. The van der Waals surface area contributed by atoms with Gasteiger partial charge in [-0.1, -0.05) is 11.6 Å². The van der Waals surface area contributed by atoms with Crippen molar-refractivity contribution >= 4 is 11.6 Å². The summed E-state index contributed by atoms with van der Waals surface area (Å²) in [6, 6.07) is 6.06. The van der Waals surface area contributed by atoms with Crippen LogP contribution < -0.4 is 15.2 Å². The van der Waals surface area contributed by atoms with Crippen LogP contribution in [0.15, 0.2) is 12.1 Å². The van der Waals surface area contributed by atoms with Gasteiger partial charge in [0.05, 0.1) is 24.8 Å². The Kier molecular flexibility index (Phi) is 4.97. The largest absolute Gasteiger partial charge is 0.493 e. The predicted molar refractivity (Wildman–Crippen MR) is 82.7 cm³/mol. The molecule has 0 aliphatic heterocycles. The third kappa shape index (κ3) is 4.03. The van der Waals surface area contributed by atoms with E-state index in [4.69, 9.17) is 32.1 Å². The summed E-state index contributed by atoms with van der Waals surface area (Å²) in [6.45, 7) is 2.45. The van der Waals surface area contributed by atoms with Crippen LogP contribution in [0.25, 0.3) is 0 Å². The molecule has 1 atom stereocenters. The van der Waals surface area contributed by atoms with Crippen molar-refractivity contribution in [3.8, 4) is 17.6 Å². The van der Waals surface area contributed by atoms with Crippen LogP contribution in [0.5, 0.6) is 11.5 Å². The molecule has 5 heteroatoms. The molecule has 1 saturated carbocycles. The molecule has 2 N–H and O–H groups in total. The Morgan fingerprint density at radius 1 is 1.48 bits per heavy atom. The smallest absolute Gasteiger partial charge is 0.179 e. The standard InChI is InChI=1S/C16H21ClN2O2/c1-11(19)7-12-8-13(17)15(14(9-12)20-2)21-10-16(3-4-16)5-6-18/h8-9,11H,3-5,7,10,19H2,1-2H3. The molecule has 1 aliphatic carbocycles. The monoisotopic (exact) mass is 308 g/mol. The van der Waals surface area contributed by atoms with Gasteiger partial charge in [0.25, 0.3) is 0 Å². The van der Waals surface area contributed by atoms with Gasteiger partial charge in [-0.3, -0.25) is 0 Å². The summed E-state index contributed by atoms with van der Waals surface area (Å²) in [6.07, 6.45) is 3.32. The number of hydrogen-bond acceptors (Lipinski definition) is 4. The molecule has 1 aromatic rings. The van der Waals surface area contributed by atoms with Crippen molar-refractivity contribution in [1.29, 1.82) is 5.26 Å². The fourth-order valence-electron chi connectivity index (χ4n) is 2.34. The number of nitrogens with two attached hydrogens (primary N) is 1. The molecule has 21 heavy (non-hydrogen) atoms. The van der Waals surface area contributed by atoms with E-state index >= 15 is 0 Å². The van der Waals surface area contributed by atoms with Crippen molar-refractivity contribution in [1.82, 2.24) is 0 Å². The normalized spacial score (nSPS) is 16.9. The van der Waals surface area contributed by atoms with Gasteiger partial charge in [-0.05, 0) is 43.9 Å². The quantitative estimate of drug-likeness (QED) is 0.839. The number of hydrogen-bond donors (Lipinski definition) is 1. The Bertz CT molecular complexity index is 548. The molecule has 0 bridgehead atoms. The summed E-state index contributed by atoms with van der Waals surface area (Å²) in [7, 11) is 1.59. The maximum atomic E-state index is 8.85. The van der Waals surface area contributed by atoms with Crippen molar-refractivity contribution in [2.45, 2.75) is 38.6 Å². The first-order valence-corrected chi connectivity index (χ1v) is 7.49. The third-order valence-corrected chi connectivity index (χ3v) is 4.06. The van der Waals surface area contributed by atoms with E-state index in [1.165, 1.54) is 0 Å². The number of nitrogens with zero attached hydrogens (tertiary/aromatic N) is 1. The summed E-state index contributed by atoms with van der Waals surface area (Å²) in [4.78, 5) is 0. The van der Waals surface area contributed by atoms with E-state index in [2.05, 4.69) is 6.07 Å². The zero-order valence-corrected chi connectivity index (χ0v) is 13.2. The number of ether oxygens (including phenoxy) is 2. The summed E-state index contributed by atoms with van der Waals surface area (Å²) in [5, 5.41) is 9.37. The lowest BCUT2D eigenvalue weighted by molar-refractivity contribution is 0.227. The minimum absolute atomic E-state index is 0.00747. The van der Waals surface area contributed by atoms with Crippen LogP contribution in [0.4, 0.5) is 0 Å². The highest BCUT2D eigenvalue weighted by Crippen LogP contribution is 2.49. The van der Waals surface area contributed by atoms with Gasteiger partial charge in [-0.2, -0.15) is 5.26 Å². The highest BCUT2D eigenvalue weighted by Gasteiger charge is 2.43. The Morgan fingerprint density at radius 2 is 2.19 bits per heavy atom. The van der Waals surface area contributed by atoms with Crippen molar-refractivity contribution in [3.05, 3.63) is 22.7 Å². The van der Waals surface area contributed by atoms with Crippen LogP contribution >= 0.6 is 11.6 Å². The number of rotatable bonds is 7. The summed E-state index contributed by atoms with van der Waals surface area (Å²) >= 11 is 6.31. The van der Waals surface area contributed by atoms with E-state index in [0.717, 1.165) is 24.8 Å². The highest BCUT2D eigenvalue weighted by molar-refractivity contribution is 6.32. The first kappa shape index (κ1) is 15.9. The first-order valence-electron chi connectivity index (χ1n) is 7.11. The molecule has 1 aliphatic rings. The van der Waals surface area contributed by atoms with Gasteiger partial charge in [-0.25, -0.2) is 0 Å². The van der Waals surface area contributed by atoms with E-state index < -0.39 is 0 Å². The molecule has 114 valence electrons. The average Bonchev–Trinajstić information content (AvgIpc) is 3.16. The number of benzene rings is 1. The Hall–Kier alpha value is -1.44. The fraction of sp³-hybridized carbons (Fsp3) is 0.562. The lowest BCUT2D eigenvalue weighted by atomic mass is 10.1. The van der Waals surface area contributed by atoms with E-state index in [9.17, 15) is 0 Å². The molecule has 0 heterocycles. The molecule has 0 spiro atoms. The molecule has 4 nitrogen and oxygen atoms in total. The van der Waals surface area contributed by atoms with Gasteiger partial charge in [0, 0.05) is 17.9 Å². The molecule has 0 amide bonds. The third-order valence-electron chi connectivity index (χ3n) is 3.78. The van der Waals surface area contributed by atoms with E-state index in [-0.39, 0.29) is 11.5 Å². The van der Waals surface area contributed by atoms with Crippen molar-refractivity contribution in [3.63, 3.8) is 0 Å². The van der Waals surface area contributed by atoms with Crippen LogP contribution in [0, 0.1) is 16.7 Å².